The molecule has 0 aliphatic carbocycles. The fraction of sp³-hybridized carbons (Fsp3) is 0.385. The molecule has 0 radical (unpaired) electrons. The first kappa shape index (κ1) is 13.6. The molecular weight excluding hydrogens is 260 g/mol. The molecule has 0 unspecified atom stereocenters. The number of amides is 2. The van der Waals surface area contributed by atoms with E-state index < -0.39 is 0 Å². The van der Waals surface area contributed by atoms with Crippen LogP contribution in [-0.2, 0) is 13.0 Å². The quantitative estimate of drug-likeness (QED) is 0.847. The number of urea groups is 1. The van der Waals surface area contributed by atoms with Crippen LogP contribution in [0.4, 0.5) is 4.79 Å². The molecule has 6 heteroatoms. The highest BCUT2D eigenvalue weighted by molar-refractivity contribution is 7.07. The van der Waals surface area contributed by atoms with Crippen LogP contribution in [0.3, 0.4) is 0 Å². The first-order valence-electron chi connectivity index (χ1n) is 6.27. The Hall–Kier alpha value is -1.82. The summed E-state index contributed by atoms with van der Waals surface area (Å²) in [7, 11) is 0. The molecule has 0 saturated heterocycles. The number of nitrogens with zero attached hydrogens (tertiary/aromatic N) is 2. The Morgan fingerprint density at radius 3 is 3.16 bits per heavy atom. The molecule has 102 valence electrons. The lowest BCUT2D eigenvalue weighted by Crippen LogP contribution is -2.43. The molecule has 2 aromatic rings. The Labute approximate surface area is 116 Å². The SMILES string of the molecule is C[C@H](Cn1cccn1)NC(=O)NCCc1ccsc1. The largest absolute Gasteiger partial charge is 0.338 e. The second-order valence-electron chi connectivity index (χ2n) is 4.41. The Kier molecular flexibility index (Phi) is 4.97. The number of carbonyl (C=O) groups excluding carboxylic acids is 1. The van der Waals surface area contributed by atoms with E-state index in [1.165, 1.54) is 5.56 Å². The van der Waals surface area contributed by atoms with Gasteiger partial charge in [0.1, 0.15) is 0 Å². The minimum absolute atomic E-state index is 0.0426. The van der Waals surface area contributed by atoms with Crippen molar-refractivity contribution >= 4 is 17.4 Å². The van der Waals surface area contributed by atoms with Crippen molar-refractivity contribution in [1.82, 2.24) is 20.4 Å². The zero-order valence-electron chi connectivity index (χ0n) is 10.9. The van der Waals surface area contributed by atoms with Crippen LogP contribution in [0.15, 0.2) is 35.3 Å². The Morgan fingerprint density at radius 1 is 1.58 bits per heavy atom. The van der Waals surface area contributed by atoms with E-state index in [4.69, 9.17) is 0 Å². The summed E-state index contributed by atoms with van der Waals surface area (Å²) in [6, 6.07) is 3.86. The maximum Gasteiger partial charge on any atom is 0.315 e. The molecule has 0 fully saturated rings. The highest BCUT2D eigenvalue weighted by atomic mass is 32.1. The van der Waals surface area contributed by atoms with E-state index in [2.05, 4.69) is 27.2 Å². The lowest BCUT2D eigenvalue weighted by Gasteiger charge is -2.14. The van der Waals surface area contributed by atoms with Gasteiger partial charge in [-0.1, -0.05) is 0 Å². The van der Waals surface area contributed by atoms with Crippen molar-refractivity contribution in [1.29, 1.82) is 0 Å². The van der Waals surface area contributed by atoms with Gasteiger partial charge >= 0.3 is 6.03 Å². The van der Waals surface area contributed by atoms with Gasteiger partial charge in [-0.05, 0) is 41.8 Å². The van der Waals surface area contributed by atoms with E-state index in [0.717, 1.165) is 6.42 Å². The molecule has 0 bridgehead atoms. The summed E-state index contributed by atoms with van der Waals surface area (Å²) in [5.74, 6) is 0. The predicted molar refractivity (Wildman–Crippen MR) is 76.2 cm³/mol. The number of hydrogen-bond acceptors (Lipinski definition) is 3. The summed E-state index contributed by atoms with van der Waals surface area (Å²) >= 11 is 1.67. The van der Waals surface area contributed by atoms with Gasteiger partial charge in [-0.3, -0.25) is 4.68 Å². The maximum atomic E-state index is 11.7. The van der Waals surface area contributed by atoms with E-state index in [-0.39, 0.29) is 12.1 Å². The molecule has 2 heterocycles. The summed E-state index contributed by atoms with van der Waals surface area (Å²) in [5, 5.41) is 14.0. The number of hydrogen-bond donors (Lipinski definition) is 2. The molecule has 19 heavy (non-hydrogen) atoms. The van der Waals surface area contributed by atoms with Crippen LogP contribution < -0.4 is 10.6 Å². The number of thiophene rings is 1. The van der Waals surface area contributed by atoms with Gasteiger partial charge in [-0.15, -0.1) is 0 Å². The highest BCUT2D eigenvalue weighted by Gasteiger charge is 2.07. The topological polar surface area (TPSA) is 59.0 Å². The first-order chi connectivity index (χ1) is 9.24. The van der Waals surface area contributed by atoms with Crippen molar-refractivity contribution in [2.24, 2.45) is 0 Å². The summed E-state index contributed by atoms with van der Waals surface area (Å²) in [5.41, 5.74) is 1.26. The second-order valence-corrected chi connectivity index (χ2v) is 5.19. The predicted octanol–water partition coefficient (Wildman–Crippen LogP) is 1.87. The van der Waals surface area contributed by atoms with Gasteiger partial charge < -0.3 is 10.6 Å². The molecule has 5 nitrogen and oxygen atoms in total. The van der Waals surface area contributed by atoms with Crippen LogP contribution in [0.1, 0.15) is 12.5 Å². The monoisotopic (exact) mass is 278 g/mol. The van der Waals surface area contributed by atoms with Crippen molar-refractivity contribution < 1.29 is 4.79 Å². The molecule has 0 aliphatic rings. The molecular formula is C13H18N4OS. The average Bonchev–Trinajstić information content (AvgIpc) is 3.01. The molecule has 2 amide bonds. The molecule has 1 atom stereocenters. The van der Waals surface area contributed by atoms with Crippen molar-refractivity contribution in [2.75, 3.05) is 6.54 Å². The summed E-state index contributed by atoms with van der Waals surface area (Å²) < 4.78 is 1.80. The smallest absolute Gasteiger partial charge is 0.315 e. The first-order valence-corrected chi connectivity index (χ1v) is 7.21. The second kappa shape index (κ2) is 6.94. The Bertz CT molecular complexity index is 481. The van der Waals surface area contributed by atoms with Gasteiger partial charge in [-0.2, -0.15) is 16.4 Å². The Balaban J connectivity index is 1.63. The minimum atomic E-state index is -0.130. The van der Waals surface area contributed by atoms with Crippen molar-refractivity contribution in [3.8, 4) is 0 Å². The number of aromatic nitrogens is 2. The Morgan fingerprint density at radius 2 is 2.47 bits per heavy atom. The summed E-state index contributed by atoms with van der Waals surface area (Å²) in [6.07, 6.45) is 4.48. The fourth-order valence-corrected chi connectivity index (χ4v) is 2.47. The lowest BCUT2D eigenvalue weighted by molar-refractivity contribution is 0.236. The normalized spacial score (nSPS) is 12.1. The van der Waals surface area contributed by atoms with E-state index >= 15 is 0 Å². The molecule has 2 rings (SSSR count). The zero-order chi connectivity index (χ0) is 13.5. The molecule has 0 aromatic carbocycles. The van der Waals surface area contributed by atoms with Gasteiger partial charge in [0.2, 0.25) is 0 Å². The third-order valence-corrected chi connectivity index (χ3v) is 3.41. The number of rotatable bonds is 6. The molecule has 2 aromatic heterocycles. The summed E-state index contributed by atoms with van der Waals surface area (Å²) in [4.78, 5) is 11.7. The van der Waals surface area contributed by atoms with E-state index in [0.29, 0.717) is 13.1 Å². The third-order valence-electron chi connectivity index (χ3n) is 2.68. The van der Waals surface area contributed by atoms with Crippen LogP contribution >= 0.6 is 11.3 Å². The van der Waals surface area contributed by atoms with Gasteiger partial charge in [0.05, 0.1) is 6.54 Å². The van der Waals surface area contributed by atoms with Gasteiger partial charge in [0.15, 0.2) is 0 Å². The van der Waals surface area contributed by atoms with Crippen molar-refractivity contribution in [2.45, 2.75) is 25.9 Å². The highest BCUT2D eigenvalue weighted by Crippen LogP contribution is 2.05. The van der Waals surface area contributed by atoms with Gasteiger partial charge in [-0.25, -0.2) is 4.79 Å². The number of carbonyl (C=O) groups is 1. The van der Waals surface area contributed by atoms with Gasteiger partial charge in [0.25, 0.3) is 0 Å². The standard InChI is InChI=1S/C13H18N4OS/c1-11(9-17-7-2-5-15-17)16-13(18)14-6-3-12-4-8-19-10-12/h2,4-5,7-8,10-11H,3,6,9H2,1H3,(H2,14,16,18)/t11-/m1/s1. The van der Waals surface area contributed by atoms with Crippen LogP contribution in [0.25, 0.3) is 0 Å². The lowest BCUT2D eigenvalue weighted by atomic mass is 10.2. The van der Waals surface area contributed by atoms with E-state index in [1.54, 1.807) is 22.2 Å². The third kappa shape index (κ3) is 4.75. The fourth-order valence-electron chi connectivity index (χ4n) is 1.76. The van der Waals surface area contributed by atoms with Crippen LogP contribution in [0.2, 0.25) is 0 Å². The van der Waals surface area contributed by atoms with Crippen molar-refractivity contribution in [3.63, 3.8) is 0 Å². The van der Waals surface area contributed by atoms with Crippen molar-refractivity contribution in [3.05, 3.63) is 40.8 Å². The van der Waals surface area contributed by atoms with Crippen LogP contribution in [-0.4, -0.2) is 28.4 Å². The molecule has 0 spiro atoms. The molecule has 0 aliphatic heterocycles. The summed E-state index contributed by atoms with van der Waals surface area (Å²) in [6.45, 7) is 3.28. The minimum Gasteiger partial charge on any atom is -0.338 e. The average molecular weight is 278 g/mol. The van der Waals surface area contributed by atoms with Crippen LogP contribution in [0, 0.1) is 0 Å². The number of nitrogens with one attached hydrogen (secondary N) is 2. The molecule has 2 N–H and O–H groups in total. The van der Waals surface area contributed by atoms with E-state index in [9.17, 15) is 4.79 Å². The van der Waals surface area contributed by atoms with Gasteiger partial charge in [0, 0.05) is 25.0 Å². The zero-order valence-corrected chi connectivity index (χ0v) is 11.7. The maximum absolute atomic E-state index is 11.7. The van der Waals surface area contributed by atoms with Crippen LogP contribution in [0.5, 0.6) is 0 Å². The molecule has 0 saturated carbocycles. The van der Waals surface area contributed by atoms with E-state index in [1.807, 2.05) is 24.6 Å².